The SMILES string of the molecule is CCCc1nnnn1-c1cc(OC(=O)NC(C)c2ccccn2)cc(-c2ccc(C)cc2F)c1. The molecule has 0 spiro atoms. The number of carbonyl (C=O) groups is 1. The number of benzene rings is 2. The van der Waals surface area contributed by atoms with E-state index in [-0.39, 0.29) is 17.6 Å². The second-order valence-electron chi connectivity index (χ2n) is 7.97. The van der Waals surface area contributed by atoms with Crippen LogP contribution in [0.25, 0.3) is 16.8 Å². The van der Waals surface area contributed by atoms with Crippen molar-refractivity contribution in [2.45, 2.75) is 39.7 Å². The van der Waals surface area contributed by atoms with Gasteiger partial charge in [-0.25, -0.2) is 9.18 Å². The summed E-state index contributed by atoms with van der Waals surface area (Å²) in [6.45, 7) is 5.66. The molecule has 1 atom stereocenters. The van der Waals surface area contributed by atoms with Crippen LogP contribution in [0.3, 0.4) is 0 Å². The fourth-order valence-electron chi connectivity index (χ4n) is 3.58. The Morgan fingerprint density at radius 1 is 1.18 bits per heavy atom. The van der Waals surface area contributed by atoms with E-state index < -0.39 is 6.09 Å². The number of ether oxygens (including phenoxy) is 1. The maximum atomic E-state index is 14.8. The van der Waals surface area contributed by atoms with E-state index in [0.717, 1.165) is 12.0 Å². The van der Waals surface area contributed by atoms with Gasteiger partial charge in [-0.2, -0.15) is 4.68 Å². The molecule has 0 saturated heterocycles. The zero-order chi connectivity index (χ0) is 24.1. The zero-order valence-electron chi connectivity index (χ0n) is 19.2. The van der Waals surface area contributed by atoms with Crippen LogP contribution in [0.5, 0.6) is 5.75 Å². The fraction of sp³-hybridized carbons (Fsp3) is 0.240. The summed E-state index contributed by atoms with van der Waals surface area (Å²) in [5.74, 6) is 0.515. The van der Waals surface area contributed by atoms with Crippen molar-refractivity contribution in [1.29, 1.82) is 0 Å². The Labute approximate surface area is 196 Å². The van der Waals surface area contributed by atoms with E-state index in [4.69, 9.17) is 4.74 Å². The zero-order valence-corrected chi connectivity index (χ0v) is 19.2. The van der Waals surface area contributed by atoms with Crippen molar-refractivity contribution in [2.24, 2.45) is 0 Å². The number of tetrazole rings is 1. The summed E-state index contributed by atoms with van der Waals surface area (Å²) < 4.78 is 21.9. The first-order valence-electron chi connectivity index (χ1n) is 11.0. The molecule has 0 aliphatic heterocycles. The van der Waals surface area contributed by atoms with Gasteiger partial charge in [0.15, 0.2) is 5.82 Å². The van der Waals surface area contributed by atoms with Gasteiger partial charge >= 0.3 is 6.09 Å². The van der Waals surface area contributed by atoms with Crippen LogP contribution in [0.15, 0.2) is 60.8 Å². The number of carbonyl (C=O) groups excluding carboxylic acids is 1. The number of nitrogens with zero attached hydrogens (tertiary/aromatic N) is 5. The first kappa shape index (κ1) is 23.0. The third-order valence-corrected chi connectivity index (χ3v) is 5.26. The summed E-state index contributed by atoms with van der Waals surface area (Å²) in [6.07, 6.45) is 2.51. The smallest absolute Gasteiger partial charge is 0.410 e. The average Bonchev–Trinajstić information content (AvgIpc) is 3.28. The summed E-state index contributed by atoms with van der Waals surface area (Å²) in [5.41, 5.74) is 2.99. The molecular formula is C25H25FN6O2. The Kier molecular flexibility index (Phi) is 6.91. The summed E-state index contributed by atoms with van der Waals surface area (Å²) in [7, 11) is 0. The standard InChI is InChI=1S/C25H25FN6O2/c1-4-7-24-29-30-31-32(24)19-13-18(21-10-9-16(2)12-22(21)26)14-20(15-19)34-25(33)28-17(3)23-8-5-6-11-27-23/h5-6,8-15,17H,4,7H2,1-3H3,(H,28,33). The number of hydrogen-bond acceptors (Lipinski definition) is 6. The molecule has 1 N–H and O–H groups in total. The van der Waals surface area contributed by atoms with Gasteiger partial charge < -0.3 is 10.1 Å². The van der Waals surface area contributed by atoms with Crippen LogP contribution in [0, 0.1) is 12.7 Å². The number of pyridine rings is 1. The normalized spacial score (nSPS) is 11.8. The number of aryl methyl sites for hydroxylation is 2. The first-order valence-corrected chi connectivity index (χ1v) is 11.0. The second-order valence-corrected chi connectivity index (χ2v) is 7.97. The number of amides is 1. The van der Waals surface area contributed by atoms with Crippen molar-refractivity contribution in [3.05, 3.63) is 83.7 Å². The lowest BCUT2D eigenvalue weighted by Gasteiger charge is -2.15. The van der Waals surface area contributed by atoms with Crippen molar-refractivity contribution in [2.75, 3.05) is 0 Å². The maximum Gasteiger partial charge on any atom is 0.413 e. The minimum absolute atomic E-state index is 0.233. The molecule has 0 fully saturated rings. The van der Waals surface area contributed by atoms with E-state index in [2.05, 4.69) is 25.8 Å². The molecule has 174 valence electrons. The van der Waals surface area contributed by atoms with Crippen LogP contribution in [0.1, 0.15) is 43.4 Å². The first-order chi connectivity index (χ1) is 16.4. The number of aromatic nitrogens is 5. The molecule has 2 aromatic carbocycles. The van der Waals surface area contributed by atoms with Gasteiger partial charge in [-0.15, -0.1) is 5.10 Å². The molecule has 0 saturated carbocycles. The topological polar surface area (TPSA) is 94.8 Å². The van der Waals surface area contributed by atoms with E-state index in [1.165, 1.54) is 6.07 Å². The molecule has 0 radical (unpaired) electrons. The number of halogens is 1. The van der Waals surface area contributed by atoms with Crippen LogP contribution < -0.4 is 10.1 Å². The minimum Gasteiger partial charge on any atom is -0.410 e. The van der Waals surface area contributed by atoms with Gasteiger partial charge in [-0.05, 0) is 72.2 Å². The third kappa shape index (κ3) is 5.25. The van der Waals surface area contributed by atoms with Crippen molar-refractivity contribution in [1.82, 2.24) is 30.5 Å². The van der Waals surface area contributed by atoms with Crippen LogP contribution in [0.2, 0.25) is 0 Å². The predicted octanol–water partition coefficient (Wildman–Crippen LogP) is 4.97. The van der Waals surface area contributed by atoms with E-state index in [0.29, 0.717) is 34.8 Å². The summed E-state index contributed by atoms with van der Waals surface area (Å²) >= 11 is 0. The van der Waals surface area contributed by atoms with Gasteiger partial charge in [0.2, 0.25) is 0 Å². The summed E-state index contributed by atoms with van der Waals surface area (Å²) in [5, 5.41) is 14.7. The highest BCUT2D eigenvalue weighted by atomic mass is 19.1. The second kappa shape index (κ2) is 10.2. The van der Waals surface area contributed by atoms with Gasteiger partial charge in [-0.1, -0.05) is 25.1 Å². The molecule has 0 aliphatic carbocycles. The Hall–Kier alpha value is -4.14. The van der Waals surface area contributed by atoms with Gasteiger partial charge in [0.1, 0.15) is 11.6 Å². The molecule has 2 aromatic heterocycles. The van der Waals surface area contributed by atoms with E-state index in [9.17, 15) is 9.18 Å². The molecule has 0 aliphatic rings. The number of nitrogens with one attached hydrogen (secondary N) is 1. The Morgan fingerprint density at radius 2 is 2.03 bits per heavy atom. The van der Waals surface area contributed by atoms with Gasteiger partial charge in [-0.3, -0.25) is 4.98 Å². The third-order valence-electron chi connectivity index (χ3n) is 5.26. The number of rotatable bonds is 7. The molecule has 8 nitrogen and oxygen atoms in total. The highest BCUT2D eigenvalue weighted by Gasteiger charge is 2.17. The Morgan fingerprint density at radius 3 is 2.76 bits per heavy atom. The van der Waals surface area contributed by atoms with Gasteiger partial charge in [0.05, 0.1) is 17.4 Å². The molecular weight excluding hydrogens is 435 g/mol. The maximum absolute atomic E-state index is 14.8. The largest absolute Gasteiger partial charge is 0.413 e. The van der Waals surface area contributed by atoms with Crippen molar-refractivity contribution in [3.8, 4) is 22.6 Å². The molecule has 1 unspecified atom stereocenters. The quantitative estimate of drug-likeness (QED) is 0.418. The number of hydrogen-bond donors (Lipinski definition) is 1. The van der Waals surface area contributed by atoms with Crippen LogP contribution in [0.4, 0.5) is 9.18 Å². The average molecular weight is 461 g/mol. The summed E-state index contributed by atoms with van der Waals surface area (Å²) in [6, 6.07) is 15.1. The monoisotopic (exact) mass is 460 g/mol. The molecule has 0 bridgehead atoms. The van der Waals surface area contributed by atoms with E-state index in [1.807, 2.05) is 39.0 Å². The Bertz CT molecular complexity index is 1290. The van der Waals surface area contributed by atoms with Gasteiger partial charge in [0.25, 0.3) is 0 Å². The highest BCUT2D eigenvalue weighted by molar-refractivity contribution is 5.74. The van der Waals surface area contributed by atoms with Crippen LogP contribution in [-0.2, 0) is 6.42 Å². The lowest BCUT2D eigenvalue weighted by Crippen LogP contribution is -2.30. The molecule has 4 rings (SSSR count). The molecule has 2 heterocycles. The highest BCUT2D eigenvalue weighted by Crippen LogP contribution is 2.30. The fourth-order valence-corrected chi connectivity index (χ4v) is 3.58. The predicted molar refractivity (Wildman–Crippen MR) is 125 cm³/mol. The van der Waals surface area contributed by atoms with Crippen LogP contribution >= 0.6 is 0 Å². The van der Waals surface area contributed by atoms with Gasteiger partial charge in [0, 0.05) is 24.2 Å². The summed E-state index contributed by atoms with van der Waals surface area (Å²) in [4.78, 5) is 16.9. The molecule has 9 heteroatoms. The van der Waals surface area contributed by atoms with Crippen LogP contribution in [-0.4, -0.2) is 31.3 Å². The minimum atomic E-state index is -0.656. The van der Waals surface area contributed by atoms with Crippen molar-refractivity contribution >= 4 is 6.09 Å². The molecule has 1 amide bonds. The van der Waals surface area contributed by atoms with E-state index >= 15 is 0 Å². The Balaban J connectivity index is 1.68. The molecule has 4 aromatic rings. The van der Waals surface area contributed by atoms with Crippen molar-refractivity contribution < 1.29 is 13.9 Å². The lowest BCUT2D eigenvalue weighted by atomic mass is 10.0. The lowest BCUT2D eigenvalue weighted by molar-refractivity contribution is 0.196. The molecule has 34 heavy (non-hydrogen) atoms. The van der Waals surface area contributed by atoms with E-state index in [1.54, 1.807) is 41.2 Å². The van der Waals surface area contributed by atoms with Crippen molar-refractivity contribution in [3.63, 3.8) is 0 Å².